The maximum absolute atomic E-state index is 5.48. The van der Waals surface area contributed by atoms with E-state index < -0.39 is 0 Å². The summed E-state index contributed by atoms with van der Waals surface area (Å²) in [6.45, 7) is 2.29. The maximum atomic E-state index is 5.48. The second-order valence-electron chi connectivity index (χ2n) is 2.47. The largest absolute Gasteiger partial charge is 0.462 e. The Kier molecular flexibility index (Phi) is 3.43. The lowest BCUT2D eigenvalue weighted by atomic mass is 10.4. The van der Waals surface area contributed by atoms with Crippen LogP contribution in [-0.4, -0.2) is 22.6 Å². The number of nitrogens with zero attached hydrogens (tertiary/aromatic N) is 2. The molecule has 0 aliphatic heterocycles. The van der Waals surface area contributed by atoms with Crippen molar-refractivity contribution in [2.45, 2.75) is 13.0 Å². The summed E-state index contributed by atoms with van der Waals surface area (Å²) in [6.07, 6.45) is 3.26. The predicted molar refractivity (Wildman–Crippen MR) is 48.9 cm³/mol. The van der Waals surface area contributed by atoms with Crippen molar-refractivity contribution in [1.29, 1.82) is 0 Å². The Hall–Kier alpha value is -0.680. The maximum Gasteiger partial charge on any atom is 0.316 e. The normalized spacial score (nSPS) is 12.6. The molecule has 1 aromatic rings. The van der Waals surface area contributed by atoms with Crippen molar-refractivity contribution in [2.24, 2.45) is 5.73 Å². The fourth-order valence-corrected chi connectivity index (χ4v) is 0.786. The molecule has 2 N–H and O–H groups in total. The van der Waals surface area contributed by atoms with Gasteiger partial charge in [-0.2, -0.15) is 0 Å². The number of nitrogens with two attached hydrogens (primary N) is 1. The minimum Gasteiger partial charge on any atom is -0.462 e. The molecule has 1 rings (SSSR count). The summed E-state index contributed by atoms with van der Waals surface area (Å²) < 4.78 is 5.98. The van der Waals surface area contributed by atoms with Crippen LogP contribution in [0.2, 0.25) is 0 Å². The topological polar surface area (TPSA) is 61.0 Å². The Morgan fingerprint density at radius 1 is 1.58 bits per heavy atom. The van der Waals surface area contributed by atoms with Crippen LogP contribution in [0.1, 0.15) is 6.92 Å². The third kappa shape index (κ3) is 3.15. The van der Waals surface area contributed by atoms with Crippen LogP contribution in [-0.2, 0) is 0 Å². The van der Waals surface area contributed by atoms with E-state index in [1.807, 2.05) is 6.92 Å². The molecule has 0 radical (unpaired) electrons. The van der Waals surface area contributed by atoms with Crippen molar-refractivity contribution in [3.63, 3.8) is 0 Å². The van der Waals surface area contributed by atoms with E-state index in [1.165, 1.54) is 0 Å². The molecule has 1 heterocycles. The van der Waals surface area contributed by atoms with Crippen LogP contribution in [0, 0.1) is 0 Å². The van der Waals surface area contributed by atoms with Crippen molar-refractivity contribution in [3.05, 3.63) is 16.9 Å². The van der Waals surface area contributed by atoms with Gasteiger partial charge >= 0.3 is 6.01 Å². The van der Waals surface area contributed by atoms with Crippen LogP contribution in [0.5, 0.6) is 6.01 Å². The lowest BCUT2D eigenvalue weighted by Crippen LogP contribution is -2.24. The molecule has 0 bridgehead atoms. The van der Waals surface area contributed by atoms with E-state index >= 15 is 0 Å². The number of rotatable bonds is 3. The average molecular weight is 232 g/mol. The van der Waals surface area contributed by atoms with Crippen LogP contribution in [0.15, 0.2) is 16.9 Å². The van der Waals surface area contributed by atoms with Gasteiger partial charge in [0.15, 0.2) is 0 Å². The zero-order valence-corrected chi connectivity index (χ0v) is 8.28. The first-order chi connectivity index (χ1) is 5.68. The molecule has 0 aliphatic carbocycles. The lowest BCUT2D eigenvalue weighted by molar-refractivity contribution is 0.273. The van der Waals surface area contributed by atoms with E-state index in [0.717, 1.165) is 4.47 Å². The summed E-state index contributed by atoms with van der Waals surface area (Å²) >= 11 is 3.22. The van der Waals surface area contributed by atoms with E-state index in [0.29, 0.717) is 12.6 Å². The van der Waals surface area contributed by atoms with Crippen LogP contribution in [0.4, 0.5) is 0 Å². The highest BCUT2D eigenvalue weighted by molar-refractivity contribution is 9.10. The molecule has 0 fully saturated rings. The van der Waals surface area contributed by atoms with E-state index in [4.69, 9.17) is 10.5 Å². The van der Waals surface area contributed by atoms with E-state index in [-0.39, 0.29) is 6.04 Å². The number of halogens is 1. The molecule has 1 unspecified atom stereocenters. The van der Waals surface area contributed by atoms with Crippen molar-refractivity contribution in [2.75, 3.05) is 6.61 Å². The Balaban J connectivity index is 2.48. The third-order valence-corrected chi connectivity index (χ3v) is 1.48. The van der Waals surface area contributed by atoms with Gasteiger partial charge in [0.25, 0.3) is 0 Å². The molecule has 0 aliphatic rings. The zero-order valence-electron chi connectivity index (χ0n) is 6.70. The number of hydrogen-bond acceptors (Lipinski definition) is 4. The summed E-state index contributed by atoms with van der Waals surface area (Å²) in [5.74, 6) is 0. The van der Waals surface area contributed by atoms with E-state index in [9.17, 15) is 0 Å². The summed E-state index contributed by atoms with van der Waals surface area (Å²) in [5, 5.41) is 0. The third-order valence-electron chi connectivity index (χ3n) is 1.07. The van der Waals surface area contributed by atoms with Gasteiger partial charge < -0.3 is 10.5 Å². The highest BCUT2D eigenvalue weighted by Gasteiger charge is 1.98. The molecule has 0 saturated carbocycles. The molecular formula is C7H10BrN3O. The Morgan fingerprint density at radius 3 is 2.67 bits per heavy atom. The summed E-state index contributed by atoms with van der Waals surface area (Å²) in [7, 11) is 0. The first kappa shape index (κ1) is 9.41. The molecule has 4 nitrogen and oxygen atoms in total. The first-order valence-corrected chi connectivity index (χ1v) is 4.33. The zero-order chi connectivity index (χ0) is 8.97. The molecule has 0 aromatic carbocycles. The highest BCUT2D eigenvalue weighted by Crippen LogP contribution is 2.07. The minimum absolute atomic E-state index is 0.00255. The van der Waals surface area contributed by atoms with E-state index in [1.54, 1.807) is 12.4 Å². The molecule has 0 amide bonds. The van der Waals surface area contributed by atoms with Gasteiger partial charge in [-0.3, -0.25) is 0 Å². The molecule has 1 atom stereocenters. The summed E-state index contributed by atoms with van der Waals surface area (Å²) in [4.78, 5) is 7.83. The SMILES string of the molecule is CC(N)COc1ncc(Br)cn1. The molecule has 12 heavy (non-hydrogen) atoms. The Bertz CT molecular complexity index is 237. The Morgan fingerprint density at radius 2 is 2.17 bits per heavy atom. The molecule has 0 saturated heterocycles. The smallest absolute Gasteiger partial charge is 0.316 e. The van der Waals surface area contributed by atoms with Gasteiger partial charge in [-0.15, -0.1) is 0 Å². The monoisotopic (exact) mass is 231 g/mol. The number of aromatic nitrogens is 2. The predicted octanol–water partition coefficient (Wildman–Crippen LogP) is 0.965. The van der Waals surface area contributed by atoms with Gasteiger partial charge in [-0.25, -0.2) is 9.97 Å². The van der Waals surface area contributed by atoms with Crippen molar-refractivity contribution in [3.8, 4) is 6.01 Å². The average Bonchev–Trinajstić information content (AvgIpc) is 2.03. The number of ether oxygens (including phenoxy) is 1. The summed E-state index contributed by atoms with van der Waals surface area (Å²) in [6, 6.07) is 0.354. The van der Waals surface area contributed by atoms with Crippen LogP contribution in [0.25, 0.3) is 0 Å². The minimum atomic E-state index is -0.00255. The standard InChI is InChI=1S/C7H10BrN3O/c1-5(9)4-12-7-10-2-6(8)3-11-7/h2-3,5H,4,9H2,1H3. The molecule has 1 aromatic heterocycles. The van der Waals surface area contributed by atoms with Gasteiger partial charge in [0, 0.05) is 18.4 Å². The molecule has 5 heteroatoms. The van der Waals surface area contributed by atoms with Crippen molar-refractivity contribution < 1.29 is 4.74 Å². The van der Waals surface area contributed by atoms with Crippen molar-refractivity contribution in [1.82, 2.24) is 9.97 Å². The van der Waals surface area contributed by atoms with Gasteiger partial charge in [0.1, 0.15) is 6.61 Å². The fraction of sp³-hybridized carbons (Fsp3) is 0.429. The Labute approximate surface area is 79.3 Å². The summed E-state index contributed by atoms with van der Waals surface area (Å²) in [5.41, 5.74) is 5.48. The van der Waals surface area contributed by atoms with Crippen LogP contribution >= 0.6 is 15.9 Å². The first-order valence-electron chi connectivity index (χ1n) is 3.54. The highest BCUT2D eigenvalue weighted by atomic mass is 79.9. The molecular weight excluding hydrogens is 222 g/mol. The second kappa shape index (κ2) is 4.37. The number of hydrogen-bond donors (Lipinski definition) is 1. The van der Waals surface area contributed by atoms with Gasteiger partial charge in [0.2, 0.25) is 0 Å². The molecule has 66 valence electrons. The van der Waals surface area contributed by atoms with Crippen LogP contribution < -0.4 is 10.5 Å². The van der Waals surface area contributed by atoms with Gasteiger partial charge in [-0.1, -0.05) is 0 Å². The van der Waals surface area contributed by atoms with E-state index in [2.05, 4.69) is 25.9 Å². The van der Waals surface area contributed by atoms with Crippen molar-refractivity contribution >= 4 is 15.9 Å². The quantitative estimate of drug-likeness (QED) is 0.843. The van der Waals surface area contributed by atoms with Crippen LogP contribution in [0.3, 0.4) is 0 Å². The van der Waals surface area contributed by atoms with Gasteiger partial charge in [-0.05, 0) is 22.9 Å². The second-order valence-corrected chi connectivity index (χ2v) is 3.39. The van der Waals surface area contributed by atoms with Gasteiger partial charge in [0.05, 0.1) is 4.47 Å². The molecule has 0 spiro atoms. The lowest BCUT2D eigenvalue weighted by Gasteiger charge is -2.05. The fourth-order valence-electron chi connectivity index (χ4n) is 0.581.